The van der Waals surface area contributed by atoms with Gasteiger partial charge in [-0.15, -0.1) is 0 Å². The van der Waals surface area contributed by atoms with E-state index in [-0.39, 0.29) is 5.82 Å². The van der Waals surface area contributed by atoms with Crippen molar-refractivity contribution >= 4 is 0 Å². The fraction of sp³-hybridized carbons (Fsp3) is 0.294. The Morgan fingerprint density at radius 3 is 2.47 bits per heavy atom. The van der Waals surface area contributed by atoms with Crippen LogP contribution in [0.2, 0.25) is 0 Å². The van der Waals surface area contributed by atoms with Crippen molar-refractivity contribution in [2.24, 2.45) is 0 Å². The zero-order chi connectivity index (χ0) is 13.9. The Morgan fingerprint density at radius 2 is 1.84 bits per heavy atom. The van der Waals surface area contributed by atoms with Gasteiger partial charge in [-0.05, 0) is 25.0 Å². The largest absolute Gasteiger partial charge is 0.385 e. The molecule has 0 amide bonds. The Kier molecular flexibility index (Phi) is 4.01. The molecule has 0 aliphatic rings. The molecule has 0 heterocycles. The molecule has 2 rings (SSSR count). The molecule has 0 aliphatic carbocycles. The summed E-state index contributed by atoms with van der Waals surface area (Å²) in [7, 11) is 0. The van der Waals surface area contributed by atoms with E-state index in [1.807, 2.05) is 38.1 Å². The van der Waals surface area contributed by atoms with E-state index in [2.05, 4.69) is 0 Å². The molecule has 1 nitrogen and oxygen atoms in total. The molecule has 19 heavy (non-hydrogen) atoms. The third kappa shape index (κ3) is 3.02. The van der Waals surface area contributed by atoms with Gasteiger partial charge >= 0.3 is 0 Å². The van der Waals surface area contributed by atoms with Gasteiger partial charge in [0.15, 0.2) is 0 Å². The summed E-state index contributed by atoms with van der Waals surface area (Å²) in [5.74, 6) is -0.348. The number of halogens is 1. The molecular formula is C17H19FO. The molecule has 1 N–H and O–H groups in total. The number of rotatable bonds is 4. The van der Waals surface area contributed by atoms with Gasteiger partial charge in [0.05, 0.1) is 5.60 Å². The minimum atomic E-state index is -1.15. The maximum Gasteiger partial charge on any atom is 0.129 e. The maximum absolute atomic E-state index is 13.9. The molecular weight excluding hydrogens is 239 g/mol. The SMILES string of the molecule is CCC(O)(Cc1cccc(C)c1)c1ccccc1F. The molecule has 2 heteroatoms. The number of aryl methyl sites for hydroxylation is 1. The zero-order valence-corrected chi connectivity index (χ0v) is 11.4. The molecule has 100 valence electrons. The number of aliphatic hydroxyl groups is 1. The molecule has 2 aromatic rings. The Hall–Kier alpha value is -1.67. The second-order valence-corrected chi connectivity index (χ2v) is 5.03. The molecule has 0 bridgehead atoms. The highest BCUT2D eigenvalue weighted by Crippen LogP contribution is 2.31. The standard InChI is InChI=1S/C17H19FO/c1-3-17(19,15-9-4-5-10-16(15)18)12-14-8-6-7-13(2)11-14/h4-11,19H,3,12H2,1-2H3. The van der Waals surface area contributed by atoms with Gasteiger partial charge in [-0.25, -0.2) is 4.39 Å². The maximum atomic E-state index is 13.9. The fourth-order valence-electron chi connectivity index (χ4n) is 2.41. The van der Waals surface area contributed by atoms with Gasteiger partial charge in [0, 0.05) is 12.0 Å². The first-order chi connectivity index (χ1) is 9.05. The van der Waals surface area contributed by atoms with E-state index in [4.69, 9.17) is 0 Å². The summed E-state index contributed by atoms with van der Waals surface area (Å²) in [5, 5.41) is 10.8. The minimum Gasteiger partial charge on any atom is -0.385 e. The normalized spacial score (nSPS) is 14.1. The van der Waals surface area contributed by atoms with Crippen LogP contribution in [0.3, 0.4) is 0 Å². The lowest BCUT2D eigenvalue weighted by atomic mass is 9.84. The van der Waals surface area contributed by atoms with E-state index in [1.54, 1.807) is 18.2 Å². The van der Waals surface area contributed by atoms with Crippen LogP contribution in [-0.4, -0.2) is 5.11 Å². The van der Waals surface area contributed by atoms with E-state index in [0.717, 1.165) is 11.1 Å². The van der Waals surface area contributed by atoms with Crippen LogP contribution in [-0.2, 0) is 12.0 Å². The summed E-state index contributed by atoms with van der Waals surface area (Å²) in [5.41, 5.74) is 1.38. The van der Waals surface area contributed by atoms with E-state index in [0.29, 0.717) is 18.4 Å². The third-order valence-corrected chi connectivity index (χ3v) is 3.54. The van der Waals surface area contributed by atoms with Crippen LogP contribution in [0.4, 0.5) is 4.39 Å². The quantitative estimate of drug-likeness (QED) is 0.879. The topological polar surface area (TPSA) is 20.2 Å². The Balaban J connectivity index is 2.36. The van der Waals surface area contributed by atoms with Crippen molar-refractivity contribution in [1.29, 1.82) is 0 Å². The predicted octanol–water partition coefficient (Wildman–Crippen LogP) is 3.97. The lowest BCUT2D eigenvalue weighted by Gasteiger charge is -2.28. The number of benzene rings is 2. The first-order valence-corrected chi connectivity index (χ1v) is 6.58. The summed E-state index contributed by atoms with van der Waals surface area (Å²) in [4.78, 5) is 0. The molecule has 1 unspecified atom stereocenters. The van der Waals surface area contributed by atoms with Crippen molar-refractivity contribution in [1.82, 2.24) is 0 Å². The molecule has 0 fully saturated rings. The Morgan fingerprint density at radius 1 is 1.11 bits per heavy atom. The van der Waals surface area contributed by atoms with E-state index in [1.165, 1.54) is 6.07 Å². The van der Waals surface area contributed by atoms with Gasteiger partial charge in [0.1, 0.15) is 5.82 Å². The predicted molar refractivity (Wildman–Crippen MR) is 75.5 cm³/mol. The average Bonchev–Trinajstić information content (AvgIpc) is 2.39. The molecule has 0 saturated carbocycles. The minimum absolute atomic E-state index is 0.348. The Labute approximate surface area is 113 Å². The molecule has 0 aliphatic heterocycles. The number of hydrogen-bond donors (Lipinski definition) is 1. The number of hydrogen-bond acceptors (Lipinski definition) is 1. The highest BCUT2D eigenvalue weighted by molar-refractivity contribution is 5.29. The first kappa shape index (κ1) is 13.8. The van der Waals surface area contributed by atoms with Gasteiger partial charge in [0.2, 0.25) is 0 Å². The summed E-state index contributed by atoms with van der Waals surface area (Å²) in [6.45, 7) is 3.89. The van der Waals surface area contributed by atoms with Crippen LogP contribution >= 0.6 is 0 Å². The van der Waals surface area contributed by atoms with Crippen LogP contribution in [0.1, 0.15) is 30.0 Å². The summed E-state index contributed by atoms with van der Waals surface area (Å²) >= 11 is 0. The molecule has 1 atom stereocenters. The lowest BCUT2D eigenvalue weighted by molar-refractivity contribution is 0.0291. The second-order valence-electron chi connectivity index (χ2n) is 5.03. The molecule has 0 spiro atoms. The molecule has 2 aromatic carbocycles. The molecule has 0 saturated heterocycles. The van der Waals surface area contributed by atoms with Gasteiger partial charge in [-0.1, -0.05) is 55.0 Å². The van der Waals surface area contributed by atoms with Crippen molar-refractivity contribution in [3.05, 3.63) is 71.0 Å². The average molecular weight is 258 g/mol. The van der Waals surface area contributed by atoms with Crippen molar-refractivity contribution in [3.63, 3.8) is 0 Å². The van der Waals surface area contributed by atoms with E-state index < -0.39 is 5.60 Å². The van der Waals surface area contributed by atoms with E-state index >= 15 is 0 Å². The molecule has 0 aromatic heterocycles. The fourth-order valence-corrected chi connectivity index (χ4v) is 2.41. The van der Waals surface area contributed by atoms with Gasteiger partial charge in [-0.2, -0.15) is 0 Å². The lowest BCUT2D eigenvalue weighted by Crippen LogP contribution is -2.29. The second kappa shape index (κ2) is 5.54. The van der Waals surface area contributed by atoms with Crippen LogP contribution in [0.5, 0.6) is 0 Å². The van der Waals surface area contributed by atoms with Crippen LogP contribution < -0.4 is 0 Å². The zero-order valence-electron chi connectivity index (χ0n) is 11.4. The van der Waals surface area contributed by atoms with Crippen molar-refractivity contribution in [2.75, 3.05) is 0 Å². The monoisotopic (exact) mass is 258 g/mol. The van der Waals surface area contributed by atoms with E-state index in [9.17, 15) is 9.50 Å². The summed E-state index contributed by atoms with van der Waals surface area (Å²) in [6, 6.07) is 14.4. The van der Waals surface area contributed by atoms with Crippen molar-refractivity contribution in [3.8, 4) is 0 Å². The van der Waals surface area contributed by atoms with Crippen LogP contribution in [0.25, 0.3) is 0 Å². The van der Waals surface area contributed by atoms with Crippen molar-refractivity contribution in [2.45, 2.75) is 32.3 Å². The summed E-state index contributed by atoms with van der Waals surface area (Å²) in [6.07, 6.45) is 0.897. The van der Waals surface area contributed by atoms with Crippen LogP contribution in [0.15, 0.2) is 48.5 Å². The van der Waals surface area contributed by atoms with Crippen molar-refractivity contribution < 1.29 is 9.50 Å². The highest BCUT2D eigenvalue weighted by Gasteiger charge is 2.30. The van der Waals surface area contributed by atoms with Gasteiger partial charge in [0.25, 0.3) is 0 Å². The van der Waals surface area contributed by atoms with Gasteiger partial charge in [-0.3, -0.25) is 0 Å². The highest BCUT2D eigenvalue weighted by atomic mass is 19.1. The van der Waals surface area contributed by atoms with Gasteiger partial charge < -0.3 is 5.11 Å². The molecule has 0 radical (unpaired) electrons. The Bertz CT molecular complexity index is 565. The third-order valence-electron chi connectivity index (χ3n) is 3.54. The van der Waals surface area contributed by atoms with Crippen LogP contribution in [0, 0.1) is 12.7 Å². The smallest absolute Gasteiger partial charge is 0.129 e. The summed E-state index contributed by atoms with van der Waals surface area (Å²) < 4.78 is 13.9. The first-order valence-electron chi connectivity index (χ1n) is 6.58.